The second-order valence-corrected chi connectivity index (χ2v) is 11.5. The average molecular weight is 271 g/mol. The molecule has 0 aliphatic carbocycles. The monoisotopic (exact) mass is 271 g/mol. The first-order valence-electron chi connectivity index (χ1n) is 5.72. The van der Waals surface area contributed by atoms with Crippen LogP contribution in [0.25, 0.3) is 0 Å². The van der Waals surface area contributed by atoms with Crippen LogP contribution in [-0.2, 0) is 4.74 Å². The van der Waals surface area contributed by atoms with Crippen molar-refractivity contribution in [3.05, 3.63) is 18.3 Å². The molecule has 0 aromatic carbocycles. The van der Waals surface area contributed by atoms with Gasteiger partial charge in [0.1, 0.15) is 5.75 Å². The molecule has 0 aliphatic rings. The molecular weight excluding hydrogens is 250 g/mol. The van der Waals surface area contributed by atoms with E-state index in [0.29, 0.717) is 6.79 Å². The Labute approximate surface area is 109 Å². The molecule has 0 spiro atoms. The zero-order chi connectivity index (χ0) is 12.7. The van der Waals surface area contributed by atoms with Gasteiger partial charge < -0.3 is 9.47 Å². The first-order chi connectivity index (χ1) is 8.01. The zero-order valence-corrected chi connectivity index (χ0v) is 12.8. The van der Waals surface area contributed by atoms with Gasteiger partial charge in [0.25, 0.3) is 0 Å². The quantitative estimate of drug-likeness (QED) is 0.329. The maximum atomic E-state index is 5.45. The fourth-order valence-electron chi connectivity index (χ4n) is 1.12. The lowest BCUT2D eigenvalue weighted by atomic mass is 10.5. The van der Waals surface area contributed by atoms with Crippen molar-refractivity contribution in [2.24, 2.45) is 0 Å². The highest BCUT2D eigenvalue weighted by Gasteiger charge is 2.11. The first kappa shape index (κ1) is 14.5. The van der Waals surface area contributed by atoms with Crippen molar-refractivity contribution in [2.45, 2.75) is 30.7 Å². The molecule has 17 heavy (non-hydrogen) atoms. The zero-order valence-electron chi connectivity index (χ0n) is 11.0. The largest absolute Gasteiger partial charge is 0.466 e. The van der Waals surface area contributed by atoms with Crippen molar-refractivity contribution in [2.75, 3.05) is 19.7 Å². The number of nitrogens with zero attached hydrogens (tertiary/aromatic N) is 1. The van der Waals surface area contributed by atoms with Crippen molar-refractivity contribution >= 4 is 19.8 Å². The number of rotatable bonds is 7. The van der Waals surface area contributed by atoms with Gasteiger partial charge in [-0.05, 0) is 24.4 Å². The molecule has 0 N–H and O–H groups in total. The van der Waals surface area contributed by atoms with Crippen molar-refractivity contribution in [3.8, 4) is 5.75 Å². The van der Waals surface area contributed by atoms with E-state index >= 15 is 0 Å². The van der Waals surface area contributed by atoms with Crippen LogP contribution in [0.3, 0.4) is 0 Å². The van der Waals surface area contributed by atoms with E-state index in [0.717, 1.165) is 17.4 Å². The predicted molar refractivity (Wildman–Crippen MR) is 75.6 cm³/mol. The van der Waals surface area contributed by atoms with Crippen LogP contribution in [0.4, 0.5) is 0 Å². The Bertz CT molecular complexity index is 324. The van der Waals surface area contributed by atoms with Crippen LogP contribution >= 0.6 is 11.8 Å². The smallest absolute Gasteiger partial charge is 0.189 e. The highest BCUT2D eigenvalue weighted by Crippen LogP contribution is 2.15. The number of pyridine rings is 1. The molecule has 1 heterocycles. The van der Waals surface area contributed by atoms with Crippen LogP contribution in [0.1, 0.15) is 0 Å². The molecule has 0 fully saturated rings. The third-order valence-corrected chi connectivity index (χ3v) is 4.59. The van der Waals surface area contributed by atoms with E-state index in [1.54, 1.807) is 18.0 Å². The fraction of sp³-hybridized carbons (Fsp3) is 0.583. The lowest BCUT2D eigenvalue weighted by Crippen LogP contribution is -2.22. The number of ether oxygens (including phenoxy) is 2. The van der Waals surface area contributed by atoms with Gasteiger partial charge in [0.2, 0.25) is 0 Å². The number of hydrogen-bond acceptors (Lipinski definition) is 4. The van der Waals surface area contributed by atoms with Gasteiger partial charge in [-0.2, -0.15) is 0 Å². The van der Waals surface area contributed by atoms with Crippen molar-refractivity contribution in [1.82, 2.24) is 4.98 Å². The topological polar surface area (TPSA) is 31.4 Å². The summed E-state index contributed by atoms with van der Waals surface area (Å²) >= 11 is 1.62. The number of hydrogen-bond donors (Lipinski definition) is 0. The van der Waals surface area contributed by atoms with Crippen LogP contribution in [0.5, 0.6) is 5.75 Å². The Hall–Kier alpha value is -0.523. The van der Waals surface area contributed by atoms with Crippen LogP contribution < -0.4 is 4.74 Å². The lowest BCUT2D eigenvalue weighted by Gasteiger charge is -2.15. The van der Waals surface area contributed by atoms with Gasteiger partial charge in [-0.3, -0.25) is 0 Å². The van der Waals surface area contributed by atoms with Gasteiger partial charge in [-0.15, -0.1) is 11.8 Å². The van der Waals surface area contributed by atoms with E-state index in [1.807, 2.05) is 18.4 Å². The highest BCUT2D eigenvalue weighted by atomic mass is 32.2. The van der Waals surface area contributed by atoms with E-state index in [2.05, 4.69) is 24.6 Å². The SMILES string of the molecule is CSc1ccc(OCOCC[Si](C)(C)C)cn1. The number of thioether (sulfide) groups is 1. The van der Waals surface area contributed by atoms with E-state index < -0.39 is 8.07 Å². The molecule has 0 amide bonds. The minimum atomic E-state index is -0.995. The molecule has 96 valence electrons. The molecule has 0 unspecified atom stereocenters. The van der Waals surface area contributed by atoms with Gasteiger partial charge in [-0.25, -0.2) is 4.98 Å². The number of aromatic nitrogens is 1. The summed E-state index contributed by atoms with van der Waals surface area (Å²) in [5.41, 5.74) is 0. The summed E-state index contributed by atoms with van der Waals surface area (Å²) in [4.78, 5) is 4.22. The Morgan fingerprint density at radius 2 is 2.06 bits per heavy atom. The Balaban J connectivity index is 2.18. The maximum absolute atomic E-state index is 5.45. The third-order valence-electron chi connectivity index (χ3n) is 2.22. The molecule has 0 bridgehead atoms. The van der Waals surface area contributed by atoms with Crippen LogP contribution in [0.2, 0.25) is 25.7 Å². The van der Waals surface area contributed by atoms with Gasteiger partial charge in [0.15, 0.2) is 6.79 Å². The van der Waals surface area contributed by atoms with Gasteiger partial charge in [0.05, 0.1) is 11.2 Å². The van der Waals surface area contributed by atoms with Crippen molar-refractivity contribution < 1.29 is 9.47 Å². The van der Waals surface area contributed by atoms with Gasteiger partial charge in [-0.1, -0.05) is 19.6 Å². The maximum Gasteiger partial charge on any atom is 0.189 e. The van der Waals surface area contributed by atoms with E-state index in [-0.39, 0.29) is 0 Å². The Kier molecular flexibility index (Phi) is 6.01. The Morgan fingerprint density at radius 3 is 2.59 bits per heavy atom. The molecule has 1 aromatic rings. The minimum Gasteiger partial charge on any atom is -0.466 e. The van der Waals surface area contributed by atoms with E-state index in [1.165, 1.54) is 6.04 Å². The summed E-state index contributed by atoms with van der Waals surface area (Å²) in [7, 11) is -0.995. The summed E-state index contributed by atoms with van der Waals surface area (Å²) in [6, 6.07) is 5.03. The molecule has 1 rings (SSSR count). The summed E-state index contributed by atoms with van der Waals surface area (Å²) < 4.78 is 10.9. The van der Waals surface area contributed by atoms with Gasteiger partial charge >= 0.3 is 0 Å². The van der Waals surface area contributed by atoms with Crippen molar-refractivity contribution in [3.63, 3.8) is 0 Å². The summed E-state index contributed by atoms with van der Waals surface area (Å²) in [6.45, 7) is 8.10. The molecule has 3 nitrogen and oxygen atoms in total. The normalized spacial score (nSPS) is 11.5. The molecule has 0 saturated carbocycles. The van der Waals surface area contributed by atoms with E-state index in [9.17, 15) is 0 Å². The summed E-state index contributed by atoms with van der Waals surface area (Å²) in [5.74, 6) is 0.760. The van der Waals surface area contributed by atoms with Crippen molar-refractivity contribution in [1.29, 1.82) is 0 Å². The van der Waals surface area contributed by atoms with Gasteiger partial charge in [0, 0.05) is 14.7 Å². The fourth-order valence-corrected chi connectivity index (χ4v) is 2.24. The molecular formula is C12H21NO2SSi. The highest BCUT2D eigenvalue weighted by molar-refractivity contribution is 7.98. The molecule has 1 aromatic heterocycles. The second-order valence-electron chi connectivity index (χ2n) is 5.02. The average Bonchev–Trinajstić information content (AvgIpc) is 2.28. The summed E-state index contributed by atoms with van der Waals surface area (Å²) in [5, 5.41) is 0.997. The third kappa shape index (κ3) is 6.70. The molecule has 5 heteroatoms. The minimum absolute atomic E-state index is 0.310. The van der Waals surface area contributed by atoms with Crippen LogP contribution in [-0.4, -0.2) is 32.7 Å². The standard InChI is InChI=1S/C12H21NO2SSi/c1-16-12-6-5-11(9-13-12)15-10-14-7-8-17(2,3)4/h5-6,9H,7-8,10H2,1-4H3. The van der Waals surface area contributed by atoms with Crippen LogP contribution in [0, 0.1) is 0 Å². The lowest BCUT2D eigenvalue weighted by molar-refractivity contribution is 0.0218. The predicted octanol–water partition coefficient (Wildman–Crippen LogP) is 3.49. The summed E-state index contributed by atoms with van der Waals surface area (Å²) in [6.07, 6.45) is 3.73. The molecule has 0 atom stereocenters. The first-order valence-corrected chi connectivity index (χ1v) is 10.6. The van der Waals surface area contributed by atoms with E-state index in [4.69, 9.17) is 9.47 Å². The molecule has 0 aliphatic heterocycles. The molecule has 0 radical (unpaired) electrons. The van der Waals surface area contributed by atoms with Crippen LogP contribution in [0.15, 0.2) is 23.4 Å². The second kappa shape index (κ2) is 7.03. The molecule has 0 saturated heterocycles. The Morgan fingerprint density at radius 1 is 1.29 bits per heavy atom.